The molecule has 3 atom stereocenters. The summed E-state index contributed by atoms with van der Waals surface area (Å²) in [4.78, 5) is 2.27. The first kappa shape index (κ1) is 22.2. The lowest BCUT2D eigenvalue weighted by molar-refractivity contribution is 0.0649. The van der Waals surface area contributed by atoms with Gasteiger partial charge in [-0.2, -0.15) is 0 Å². The van der Waals surface area contributed by atoms with Gasteiger partial charge in [0.05, 0.1) is 0 Å². The molecule has 1 aliphatic rings. The van der Waals surface area contributed by atoms with Gasteiger partial charge in [-0.1, -0.05) is 51.7 Å². The van der Waals surface area contributed by atoms with Crippen molar-refractivity contribution in [3.63, 3.8) is 0 Å². The first-order valence-corrected chi connectivity index (χ1v) is 10.9. The highest BCUT2D eigenvalue weighted by Crippen LogP contribution is 2.29. The molecule has 0 heterocycles. The second kappa shape index (κ2) is 12.4. The zero-order valence-corrected chi connectivity index (χ0v) is 17.6. The smallest absolute Gasteiger partial charge is 0.119 e. The van der Waals surface area contributed by atoms with Crippen LogP contribution in [-0.4, -0.2) is 49.4 Å². The molecule has 3 unspecified atom stereocenters. The summed E-state index contributed by atoms with van der Waals surface area (Å²) in [5.41, 5.74) is 1.26. The van der Waals surface area contributed by atoms with Gasteiger partial charge in [-0.15, -0.1) is 0 Å². The molecule has 0 aliphatic heterocycles. The van der Waals surface area contributed by atoms with Crippen LogP contribution in [0.2, 0.25) is 0 Å². The second-order valence-corrected chi connectivity index (χ2v) is 8.38. The van der Waals surface area contributed by atoms with Crippen LogP contribution in [0.3, 0.4) is 0 Å². The van der Waals surface area contributed by atoms with E-state index in [0.717, 1.165) is 37.2 Å². The van der Waals surface area contributed by atoms with Gasteiger partial charge in [-0.05, 0) is 56.0 Å². The van der Waals surface area contributed by atoms with E-state index in [1.165, 1.54) is 44.1 Å². The van der Waals surface area contributed by atoms with Gasteiger partial charge in [-0.3, -0.25) is 0 Å². The average Bonchev–Trinajstić information content (AvgIpc) is 2.66. The average molecular weight is 377 g/mol. The van der Waals surface area contributed by atoms with Crippen molar-refractivity contribution in [3.05, 3.63) is 29.8 Å². The van der Waals surface area contributed by atoms with Crippen LogP contribution in [0.25, 0.3) is 0 Å². The fourth-order valence-electron chi connectivity index (χ4n) is 3.98. The third-order valence-corrected chi connectivity index (χ3v) is 5.76. The van der Waals surface area contributed by atoms with Crippen LogP contribution in [0.1, 0.15) is 57.9 Å². The molecule has 4 nitrogen and oxygen atoms in total. The topological polar surface area (TPSA) is 44.7 Å². The number of aliphatic hydroxyl groups is 1. The Morgan fingerprint density at radius 2 is 1.96 bits per heavy atom. The van der Waals surface area contributed by atoms with E-state index < -0.39 is 6.10 Å². The van der Waals surface area contributed by atoms with Gasteiger partial charge in [0, 0.05) is 19.6 Å². The van der Waals surface area contributed by atoms with Crippen LogP contribution >= 0.6 is 0 Å². The van der Waals surface area contributed by atoms with E-state index in [4.69, 9.17) is 4.74 Å². The van der Waals surface area contributed by atoms with Crippen LogP contribution in [0, 0.1) is 11.8 Å². The molecule has 4 heteroatoms. The molecule has 1 fully saturated rings. The summed E-state index contributed by atoms with van der Waals surface area (Å²) in [6.45, 7) is 8.64. The molecule has 27 heavy (non-hydrogen) atoms. The van der Waals surface area contributed by atoms with Gasteiger partial charge >= 0.3 is 0 Å². The van der Waals surface area contributed by atoms with E-state index >= 15 is 0 Å². The Balaban J connectivity index is 1.64. The number of rotatable bonds is 12. The van der Waals surface area contributed by atoms with Gasteiger partial charge in [0.15, 0.2) is 0 Å². The van der Waals surface area contributed by atoms with E-state index in [-0.39, 0.29) is 0 Å². The number of likely N-dealkylation sites (N-methyl/N-ethyl adjacent to an activating group) is 1. The van der Waals surface area contributed by atoms with Crippen molar-refractivity contribution >= 4 is 0 Å². The van der Waals surface area contributed by atoms with Crippen molar-refractivity contribution in [1.29, 1.82) is 0 Å². The normalized spacial score (nSPS) is 21.4. The molecule has 0 amide bonds. The van der Waals surface area contributed by atoms with Gasteiger partial charge in [-0.25, -0.2) is 0 Å². The van der Waals surface area contributed by atoms with Crippen molar-refractivity contribution in [3.8, 4) is 5.75 Å². The first-order valence-electron chi connectivity index (χ1n) is 10.9. The van der Waals surface area contributed by atoms with E-state index in [0.29, 0.717) is 13.2 Å². The van der Waals surface area contributed by atoms with Gasteiger partial charge in [0.25, 0.3) is 0 Å². The second-order valence-electron chi connectivity index (χ2n) is 8.38. The molecule has 2 rings (SSSR count). The number of ether oxygens (including phenoxy) is 1. The molecule has 0 spiro atoms. The largest absolute Gasteiger partial charge is 0.491 e. The standard InChI is InChI=1S/C23H40N2O2/c1-4-5-14-24-15-20-10-12-23(13-11-20)27-18-22(26)17-25(3)16-21-9-7-6-8-19(21)2/h10-13,19,21-22,24,26H,4-9,14-18H2,1-3H3. The maximum absolute atomic E-state index is 10.3. The predicted octanol–water partition coefficient (Wildman–Crippen LogP) is 4.07. The Bertz CT molecular complexity index is 506. The minimum atomic E-state index is -0.454. The fraction of sp³-hybridized carbons (Fsp3) is 0.739. The lowest BCUT2D eigenvalue weighted by Crippen LogP contribution is -2.38. The highest BCUT2D eigenvalue weighted by molar-refractivity contribution is 5.27. The summed E-state index contributed by atoms with van der Waals surface area (Å²) in [6.07, 6.45) is 7.41. The Labute approximate surface area is 166 Å². The van der Waals surface area contributed by atoms with E-state index in [2.05, 4.69) is 43.2 Å². The van der Waals surface area contributed by atoms with Crippen molar-refractivity contribution in [2.75, 3.05) is 33.3 Å². The lowest BCUT2D eigenvalue weighted by atomic mass is 9.80. The summed E-state index contributed by atoms with van der Waals surface area (Å²) in [5, 5.41) is 13.8. The molecule has 0 bridgehead atoms. The highest BCUT2D eigenvalue weighted by atomic mass is 16.5. The zero-order chi connectivity index (χ0) is 19.5. The minimum absolute atomic E-state index is 0.346. The molecular formula is C23H40N2O2. The van der Waals surface area contributed by atoms with Gasteiger partial charge < -0.3 is 20.1 Å². The van der Waals surface area contributed by atoms with Crippen molar-refractivity contribution in [2.24, 2.45) is 11.8 Å². The third kappa shape index (κ3) is 8.63. The van der Waals surface area contributed by atoms with Crippen LogP contribution in [0.15, 0.2) is 24.3 Å². The quantitative estimate of drug-likeness (QED) is 0.540. The summed E-state index contributed by atoms with van der Waals surface area (Å²) in [5.74, 6) is 2.41. The first-order chi connectivity index (χ1) is 13.1. The van der Waals surface area contributed by atoms with Gasteiger partial charge in [0.1, 0.15) is 18.5 Å². The molecule has 154 valence electrons. The highest BCUT2D eigenvalue weighted by Gasteiger charge is 2.23. The number of unbranched alkanes of at least 4 members (excludes halogenated alkanes) is 1. The van der Waals surface area contributed by atoms with E-state index in [1.807, 2.05) is 12.1 Å². The summed E-state index contributed by atoms with van der Waals surface area (Å²) < 4.78 is 5.78. The van der Waals surface area contributed by atoms with Crippen molar-refractivity contribution < 1.29 is 9.84 Å². The number of aliphatic hydroxyl groups excluding tert-OH is 1. The van der Waals surface area contributed by atoms with E-state index in [9.17, 15) is 5.11 Å². The van der Waals surface area contributed by atoms with Crippen molar-refractivity contribution in [2.45, 2.75) is 65.0 Å². The number of hydrogen-bond donors (Lipinski definition) is 2. The Hall–Kier alpha value is -1.10. The Morgan fingerprint density at radius 3 is 2.67 bits per heavy atom. The van der Waals surface area contributed by atoms with Crippen LogP contribution in [0.4, 0.5) is 0 Å². The number of nitrogens with one attached hydrogen (secondary N) is 1. The predicted molar refractivity (Wildman–Crippen MR) is 113 cm³/mol. The Morgan fingerprint density at radius 1 is 1.22 bits per heavy atom. The maximum atomic E-state index is 10.3. The third-order valence-electron chi connectivity index (χ3n) is 5.76. The summed E-state index contributed by atoms with van der Waals surface area (Å²) >= 11 is 0. The Kier molecular flexibility index (Phi) is 10.2. The molecule has 1 aliphatic carbocycles. The molecular weight excluding hydrogens is 336 g/mol. The molecule has 0 saturated heterocycles. The number of benzene rings is 1. The molecule has 1 aromatic carbocycles. The molecule has 0 radical (unpaired) electrons. The zero-order valence-electron chi connectivity index (χ0n) is 17.6. The summed E-state index contributed by atoms with van der Waals surface area (Å²) in [6, 6.07) is 8.18. The van der Waals surface area contributed by atoms with Crippen LogP contribution in [0.5, 0.6) is 5.75 Å². The van der Waals surface area contributed by atoms with E-state index in [1.54, 1.807) is 0 Å². The molecule has 1 aromatic rings. The fourth-order valence-corrected chi connectivity index (χ4v) is 3.98. The van der Waals surface area contributed by atoms with Gasteiger partial charge in [0.2, 0.25) is 0 Å². The monoisotopic (exact) mass is 376 g/mol. The number of hydrogen-bond acceptors (Lipinski definition) is 4. The molecule has 0 aromatic heterocycles. The lowest BCUT2D eigenvalue weighted by Gasteiger charge is -2.32. The molecule has 2 N–H and O–H groups in total. The number of nitrogens with zero attached hydrogens (tertiary/aromatic N) is 1. The maximum Gasteiger partial charge on any atom is 0.119 e. The minimum Gasteiger partial charge on any atom is -0.491 e. The SMILES string of the molecule is CCCCNCc1ccc(OCC(O)CN(C)CC2CCCCC2C)cc1. The molecule has 1 saturated carbocycles. The van der Waals surface area contributed by atoms with Crippen molar-refractivity contribution in [1.82, 2.24) is 10.2 Å². The van der Waals surface area contributed by atoms with Crippen LogP contribution < -0.4 is 10.1 Å². The summed E-state index contributed by atoms with van der Waals surface area (Å²) in [7, 11) is 2.12. The van der Waals surface area contributed by atoms with Crippen LogP contribution in [-0.2, 0) is 6.54 Å².